The second kappa shape index (κ2) is 14.9. The zero-order chi connectivity index (χ0) is 39.9. The summed E-state index contributed by atoms with van der Waals surface area (Å²) in [5.41, 5.74) is 5.15. The van der Waals surface area contributed by atoms with Crippen LogP contribution in [-0.4, -0.2) is 10.3 Å². The van der Waals surface area contributed by atoms with Crippen LogP contribution in [0.25, 0.3) is 49.9 Å². The first kappa shape index (κ1) is 37.5. The highest BCUT2D eigenvalue weighted by Gasteiger charge is 2.39. The molecule has 1 aliphatic rings. The van der Waals surface area contributed by atoms with Crippen LogP contribution in [0.5, 0.6) is 0 Å². The van der Waals surface area contributed by atoms with Crippen molar-refractivity contribution in [2.75, 3.05) is 0 Å². The Labute approximate surface area is 326 Å². The molecule has 0 atom stereocenters. The summed E-state index contributed by atoms with van der Waals surface area (Å²) >= 11 is 0. The summed E-state index contributed by atoms with van der Waals surface area (Å²) in [5.74, 6) is 0. The molecule has 0 unspecified atom stereocenters. The van der Waals surface area contributed by atoms with Crippen LogP contribution in [-0.2, 0) is 12.4 Å². The molecule has 8 heteroatoms. The van der Waals surface area contributed by atoms with Crippen molar-refractivity contribution in [3.05, 3.63) is 197 Å². The average Bonchev–Trinajstić information content (AvgIpc) is 3.57. The molecular formula is C49H36F6N2. The Bertz CT molecular complexity index is 2750. The van der Waals surface area contributed by atoms with E-state index in [9.17, 15) is 13.2 Å². The van der Waals surface area contributed by atoms with Gasteiger partial charge >= 0.3 is 12.4 Å². The Morgan fingerprint density at radius 2 is 1.30 bits per heavy atom. The molecule has 2 nitrogen and oxygen atoms in total. The number of rotatable bonds is 6. The van der Waals surface area contributed by atoms with E-state index in [1.54, 1.807) is 18.2 Å². The molecule has 0 bridgehead atoms. The smallest absolute Gasteiger partial charge is 0.309 e. The van der Waals surface area contributed by atoms with E-state index in [-0.39, 0.29) is 17.2 Å². The van der Waals surface area contributed by atoms with Crippen LogP contribution >= 0.6 is 0 Å². The van der Waals surface area contributed by atoms with Crippen molar-refractivity contribution in [1.82, 2.24) is 4.57 Å². The largest absolute Gasteiger partial charge is 0.417 e. The van der Waals surface area contributed by atoms with Crippen LogP contribution in [0, 0.1) is 6.92 Å². The fraction of sp³-hybridized carbons (Fsp3) is 0.122. The minimum atomic E-state index is -5.10. The molecule has 1 aromatic heterocycles. The number of para-hydroxylation sites is 1. The summed E-state index contributed by atoms with van der Waals surface area (Å²) in [6, 6.07) is 40.3. The van der Waals surface area contributed by atoms with Gasteiger partial charge in [-0.1, -0.05) is 121 Å². The van der Waals surface area contributed by atoms with Crippen LogP contribution in [0.1, 0.15) is 52.6 Å². The zero-order valence-electron chi connectivity index (χ0n) is 30.9. The maximum absolute atomic E-state index is 15.0. The van der Waals surface area contributed by atoms with Gasteiger partial charge in [-0.3, -0.25) is 4.99 Å². The highest BCUT2D eigenvalue weighted by molar-refractivity contribution is 6.12. The standard InChI is InChI=1S/C49H36F6N2/c1-3-36-37(32-14-6-4-7-15-32)18-10-12-20-44(56-47(36)33-16-8-5-9-17-33)39-26-24-35(57-45-21-13-11-19-40(45)42-28-31(2)22-27-46(42)57)30-41(39)38-25-23-34(48(50,51)52)29-43(38)49(53,54)55/h3-9,11,13-19,21-30H,1,10,12,20H2,2H3/b37-18-,47-36-,56-44+. The number of halogens is 6. The molecule has 57 heavy (non-hydrogen) atoms. The lowest BCUT2D eigenvalue weighted by Gasteiger charge is -2.21. The number of benzene rings is 6. The lowest BCUT2D eigenvalue weighted by Crippen LogP contribution is -2.13. The van der Waals surface area contributed by atoms with Crippen molar-refractivity contribution < 1.29 is 26.3 Å². The van der Waals surface area contributed by atoms with Crippen molar-refractivity contribution in [3.8, 4) is 16.8 Å². The molecule has 6 aromatic carbocycles. The number of alkyl halides is 6. The number of aliphatic imine (C=N–C) groups is 1. The monoisotopic (exact) mass is 766 g/mol. The van der Waals surface area contributed by atoms with Crippen molar-refractivity contribution >= 4 is 38.8 Å². The normalized spacial score (nSPS) is 17.3. The van der Waals surface area contributed by atoms with Gasteiger partial charge in [0.2, 0.25) is 0 Å². The molecule has 0 N–H and O–H groups in total. The molecule has 7 aromatic rings. The third-order valence-electron chi connectivity index (χ3n) is 10.4. The highest BCUT2D eigenvalue weighted by atomic mass is 19.4. The summed E-state index contributed by atoms with van der Waals surface area (Å²) in [5, 5.41) is 1.93. The summed E-state index contributed by atoms with van der Waals surface area (Å²) < 4.78 is 89.0. The van der Waals surface area contributed by atoms with E-state index in [1.165, 1.54) is 0 Å². The molecule has 0 fully saturated rings. The van der Waals surface area contributed by atoms with E-state index in [1.807, 2.05) is 115 Å². The first-order chi connectivity index (χ1) is 27.4. The SMILES string of the molecule is C=CC1=C(c2ccccc2)/N=C(/c2ccc(-n3c4ccccc4c4cc(C)ccc43)cc2-c2ccc(C(F)(F)F)cc2C(F)(F)F)CCC/C=C\1c1ccccc1. The van der Waals surface area contributed by atoms with Crippen LogP contribution < -0.4 is 0 Å². The zero-order valence-corrected chi connectivity index (χ0v) is 30.9. The second-order valence-electron chi connectivity index (χ2n) is 14.1. The number of nitrogens with zero attached hydrogens (tertiary/aromatic N) is 2. The van der Waals surface area contributed by atoms with Gasteiger partial charge in [0.1, 0.15) is 0 Å². The van der Waals surface area contributed by atoms with Gasteiger partial charge in [-0.25, -0.2) is 0 Å². The quantitative estimate of drug-likeness (QED) is 0.150. The van der Waals surface area contributed by atoms with Gasteiger partial charge < -0.3 is 4.57 Å². The lowest BCUT2D eigenvalue weighted by atomic mass is 9.89. The Morgan fingerprint density at radius 3 is 2.00 bits per heavy atom. The molecular weight excluding hydrogens is 731 g/mol. The summed E-state index contributed by atoms with van der Waals surface area (Å²) in [7, 11) is 0. The highest BCUT2D eigenvalue weighted by Crippen LogP contribution is 2.44. The van der Waals surface area contributed by atoms with Gasteiger partial charge in [0.15, 0.2) is 0 Å². The molecule has 8 rings (SSSR count). The van der Waals surface area contributed by atoms with E-state index in [2.05, 4.69) is 18.7 Å². The molecule has 0 aliphatic carbocycles. The molecule has 0 amide bonds. The number of hydrogen-bond acceptors (Lipinski definition) is 1. The Balaban J connectivity index is 1.45. The van der Waals surface area contributed by atoms with Crippen molar-refractivity contribution in [2.24, 2.45) is 4.99 Å². The third kappa shape index (κ3) is 7.24. The molecule has 1 aliphatic heterocycles. The van der Waals surface area contributed by atoms with Crippen LogP contribution in [0.3, 0.4) is 0 Å². The fourth-order valence-electron chi connectivity index (χ4n) is 7.81. The third-order valence-corrected chi connectivity index (χ3v) is 10.4. The number of fused-ring (bicyclic) bond motifs is 3. The Hall–Kier alpha value is -6.41. The van der Waals surface area contributed by atoms with Gasteiger partial charge in [-0.15, -0.1) is 0 Å². The van der Waals surface area contributed by atoms with Crippen molar-refractivity contribution in [2.45, 2.75) is 38.5 Å². The Morgan fingerprint density at radius 1 is 0.632 bits per heavy atom. The molecule has 0 spiro atoms. The number of aromatic nitrogens is 1. The molecule has 2 heterocycles. The van der Waals surface area contributed by atoms with E-state index in [0.29, 0.717) is 41.9 Å². The maximum atomic E-state index is 15.0. The minimum absolute atomic E-state index is 0.119. The van der Waals surface area contributed by atoms with E-state index < -0.39 is 23.5 Å². The first-order valence-corrected chi connectivity index (χ1v) is 18.6. The molecule has 0 saturated heterocycles. The fourth-order valence-corrected chi connectivity index (χ4v) is 7.81. The van der Waals surface area contributed by atoms with Crippen molar-refractivity contribution in [3.63, 3.8) is 0 Å². The second-order valence-corrected chi connectivity index (χ2v) is 14.1. The number of hydrogen-bond donors (Lipinski definition) is 0. The van der Waals surface area contributed by atoms with Gasteiger partial charge in [0.05, 0.1) is 27.9 Å². The topological polar surface area (TPSA) is 17.3 Å². The Kier molecular flexibility index (Phi) is 9.82. The van der Waals surface area contributed by atoms with Crippen LogP contribution in [0.4, 0.5) is 26.3 Å². The maximum Gasteiger partial charge on any atom is 0.417 e. The van der Waals surface area contributed by atoms with E-state index in [0.717, 1.165) is 61.8 Å². The first-order valence-electron chi connectivity index (χ1n) is 18.6. The number of aryl methyl sites for hydroxylation is 1. The minimum Gasteiger partial charge on any atom is -0.309 e. The molecule has 0 saturated carbocycles. The van der Waals surface area contributed by atoms with Crippen LogP contribution in [0.15, 0.2) is 169 Å². The van der Waals surface area contributed by atoms with Gasteiger partial charge in [-0.2, -0.15) is 26.3 Å². The lowest BCUT2D eigenvalue weighted by molar-refractivity contribution is -0.142. The van der Waals surface area contributed by atoms with E-state index >= 15 is 13.2 Å². The van der Waals surface area contributed by atoms with Gasteiger partial charge in [-0.05, 0) is 90.9 Å². The summed E-state index contributed by atoms with van der Waals surface area (Å²) in [6.45, 7) is 6.17. The number of allylic oxidation sites excluding steroid dienone is 4. The summed E-state index contributed by atoms with van der Waals surface area (Å²) in [4.78, 5) is 5.32. The average molecular weight is 767 g/mol. The molecule has 284 valence electrons. The van der Waals surface area contributed by atoms with Gasteiger partial charge in [0, 0.05) is 38.9 Å². The van der Waals surface area contributed by atoms with E-state index in [4.69, 9.17) is 4.99 Å². The van der Waals surface area contributed by atoms with Gasteiger partial charge in [0.25, 0.3) is 0 Å². The summed E-state index contributed by atoms with van der Waals surface area (Å²) in [6.07, 6.45) is -4.58. The van der Waals surface area contributed by atoms with Crippen molar-refractivity contribution in [1.29, 1.82) is 0 Å². The predicted octanol–water partition coefficient (Wildman–Crippen LogP) is 14.5. The molecule has 0 radical (unpaired) electrons. The van der Waals surface area contributed by atoms with Crippen LogP contribution in [0.2, 0.25) is 0 Å². The predicted molar refractivity (Wildman–Crippen MR) is 219 cm³/mol.